The summed E-state index contributed by atoms with van der Waals surface area (Å²) >= 11 is 5.72. The minimum absolute atomic E-state index is 0.0394. The van der Waals surface area contributed by atoms with Gasteiger partial charge in [-0.15, -0.1) is 0 Å². The zero-order chi connectivity index (χ0) is 26.7. The van der Waals surface area contributed by atoms with Crippen LogP contribution < -0.4 is 16.9 Å². The molecule has 1 aromatic rings. The van der Waals surface area contributed by atoms with Gasteiger partial charge in [-0.05, 0) is 78.7 Å². The Morgan fingerprint density at radius 3 is 2.18 bits per heavy atom. The smallest absolute Gasteiger partial charge is 0.361 e. The maximum absolute atomic E-state index is 11.8. The van der Waals surface area contributed by atoms with Gasteiger partial charge in [0, 0.05) is 22.7 Å². The topological polar surface area (TPSA) is 163 Å². The highest BCUT2D eigenvalue weighted by Crippen LogP contribution is 2.20. The lowest BCUT2D eigenvalue weighted by molar-refractivity contribution is -0.323. The molecule has 0 heterocycles. The molecule has 0 fully saturated rings. The van der Waals surface area contributed by atoms with E-state index in [1.165, 1.54) is 0 Å². The molecule has 1 atom stereocenters. The van der Waals surface area contributed by atoms with Gasteiger partial charge in [-0.25, -0.2) is 4.79 Å². The first-order valence-electron chi connectivity index (χ1n) is 10.5. The van der Waals surface area contributed by atoms with Gasteiger partial charge < -0.3 is 16.6 Å². The van der Waals surface area contributed by atoms with Crippen LogP contribution in [0.1, 0.15) is 66.9 Å². The second-order valence-corrected chi connectivity index (χ2v) is 9.82. The van der Waals surface area contributed by atoms with Crippen molar-refractivity contribution in [2.45, 2.75) is 78.6 Å². The van der Waals surface area contributed by atoms with Gasteiger partial charge in [0.2, 0.25) is 5.91 Å². The SMILES string of the molecule is CC(=Cc1ccc(Cl)cc1N)C(N)=O.CC(C)(C)ON[C@@H](CCC(=O)O)C(=O)OOC(C)(C)C. The highest BCUT2D eigenvalue weighted by atomic mass is 35.5. The summed E-state index contributed by atoms with van der Waals surface area (Å²) in [5.74, 6) is -2.18. The predicted molar refractivity (Wildman–Crippen MR) is 130 cm³/mol. The van der Waals surface area contributed by atoms with Crippen LogP contribution in [0.3, 0.4) is 0 Å². The Balaban J connectivity index is 0.000000679. The van der Waals surface area contributed by atoms with Crippen LogP contribution in [-0.2, 0) is 29.0 Å². The number of primary amides is 1. The molecule has 0 saturated carbocycles. The molecule has 10 nitrogen and oxygen atoms in total. The lowest BCUT2D eigenvalue weighted by Crippen LogP contribution is -2.43. The molecule has 11 heteroatoms. The van der Waals surface area contributed by atoms with Gasteiger partial charge in [0.1, 0.15) is 11.6 Å². The number of carbonyl (C=O) groups excluding carboxylic acids is 2. The van der Waals surface area contributed by atoms with E-state index in [-0.39, 0.29) is 12.8 Å². The van der Waals surface area contributed by atoms with Crippen molar-refractivity contribution in [1.29, 1.82) is 0 Å². The van der Waals surface area contributed by atoms with Crippen LogP contribution in [-0.4, -0.2) is 40.2 Å². The molecule has 0 bridgehead atoms. The summed E-state index contributed by atoms with van der Waals surface area (Å²) < 4.78 is 0. The number of nitrogens with one attached hydrogen (secondary N) is 1. The average Bonchev–Trinajstić information content (AvgIpc) is 2.67. The van der Waals surface area contributed by atoms with Crippen molar-refractivity contribution in [3.8, 4) is 0 Å². The van der Waals surface area contributed by atoms with Crippen LogP contribution in [0.15, 0.2) is 23.8 Å². The van der Waals surface area contributed by atoms with Crippen LogP contribution in [0.2, 0.25) is 5.02 Å². The Labute approximate surface area is 205 Å². The van der Waals surface area contributed by atoms with Crippen LogP contribution in [0.25, 0.3) is 6.08 Å². The van der Waals surface area contributed by atoms with Crippen LogP contribution in [0.5, 0.6) is 0 Å². The third kappa shape index (κ3) is 15.2. The minimum atomic E-state index is -1.00. The number of anilines is 1. The fourth-order valence-electron chi connectivity index (χ4n) is 1.95. The summed E-state index contributed by atoms with van der Waals surface area (Å²) in [6.07, 6.45) is 1.49. The number of nitrogens with two attached hydrogens (primary N) is 2. The number of rotatable bonds is 9. The van der Waals surface area contributed by atoms with Crippen molar-refractivity contribution in [3.05, 3.63) is 34.4 Å². The number of benzene rings is 1. The standard InChI is InChI=1S/C13H25NO6.C10H11ClN2O/c1-12(2,3)19-14-9(7-8-10(15)16)11(17)18-20-13(4,5)6;1-6(10(13)14)4-7-2-3-8(11)5-9(7)12/h9,14H,7-8H2,1-6H3,(H,15,16);2-5H,12H2,1H3,(H2,13,14)/t9-;/m0./s1. The third-order valence-electron chi connectivity index (χ3n) is 3.62. The normalized spacial score (nSPS) is 12.9. The van der Waals surface area contributed by atoms with E-state index < -0.39 is 35.1 Å². The van der Waals surface area contributed by atoms with E-state index in [0.717, 1.165) is 5.56 Å². The van der Waals surface area contributed by atoms with E-state index >= 15 is 0 Å². The van der Waals surface area contributed by atoms with Gasteiger partial charge in [-0.1, -0.05) is 17.7 Å². The van der Waals surface area contributed by atoms with E-state index in [1.54, 1.807) is 72.7 Å². The zero-order valence-electron chi connectivity index (χ0n) is 20.7. The Bertz CT molecular complexity index is 874. The van der Waals surface area contributed by atoms with E-state index in [2.05, 4.69) is 5.48 Å². The van der Waals surface area contributed by atoms with Gasteiger partial charge in [0.25, 0.3) is 0 Å². The van der Waals surface area contributed by atoms with Crippen molar-refractivity contribution < 1.29 is 34.1 Å². The molecule has 1 rings (SSSR count). The first-order valence-corrected chi connectivity index (χ1v) is 10.9. The van der Waals surface area contributed by atoms with Gasteiger partial charge in [0.15, 0.2) is 0 Å². The second kappa shape index (κ2) is 13.9. The maximum atomic E-state index is 11.8. The molecular formula is C23H36ClN3O7. The summed E-state index contributed by atoms with van der Waals surface area (Å²) in [5.41, 5.74) is 13.9. The van der Waals surface area contributed by atoms with E-state index in [1.807, 2.05) is 0 Å². The van der Waals surface area contributed by atoms with Crippen molar-refractivity contribution in [3.63, 3.8) is 0 Å². The van der Waals surface area contributed by atoms with Crippen molar-refractivity contribution >= 4 is 41.2 Å². The molecular weight excluding hydrogens is 466 g/mol. The largest absolute Gasteiger partial charge is 0.481 e. The highest BCUT2D eigenvalue weighted by molar-refractivity contribution is 6.30. The van der Waals surface area contributed by atoms with Crippen LogP contribution in [0, 0.1) is 0 Å². The van der Waals surface area contributed by atoms with Crippen LogP contribution in [0.4, 0.5) is 5.69 Å². The number of aliphatic carboxylic acids is 1. The van der Waals surface area contributed by atoms with Gasteiger partial charge in [0.05, 0.1) is 5.60 Å². The fraction of sp³-hybridized carbons (Fsp3) is 0.522. The number of hydroxylamine groups is 1. The Kier molecular flexibility index (Phi) is 12.8. The predicted octanol–water partition coefficient (Wildman–Crippen LogP) is 3.62. The molecule has 0 radical (unpaired) electrons. The minimum Gasteiger partial charge on any atom is -0.481 e. The lowest BCUT2D eigenvalue weighted by Gasteiger charge is -2.24. The van der Waals surface area contributed by atoms with Crippen molar-refractivity contribution in [2.75, 3.05) is 5.73 Å². The summed E-state index contributed by atoms with van der Waals surface area (Å²) in [6.45, 7) is 12.2. The second-order valence-electron chi connectivity index (χ2n) is 9.38. The van der Waals surface area contributed by atoms with Gasteiger partial charge in [-0.3, -0.25) is 19.3 Å². The molecule has 1 aromatic carbocycles. The summed E-state index contributed by atoms with van der Waals surface area (Å²) in [5, 5.41) is 9.25. The number of carboxylic acid groups (broad SMARTS) is 1. The molecule has 0 spiro atoms. The molecule has 1 amide bonds. The van der Waals surface area contributed by atoms with Gasteiger partial charge >= 0.3 is 11.9 Å². The van der Waals surface area contributed by atoms with E-state index in [0.29, 0.717) is 16.3 Å². The van der Waals surface area contributed by atoms with E-state index in [4.69, 9.17) is 42.8 Å². The number of halogens is 1. The monoisotopic (exact) mass is 501 g/mol. The molecule has 0 aliphatic carbocycles. The molecule has 192 valence electrons. The third-order valence-corrected chi connectivity index (χ3v) is 3.86. The average molecular weight is 502 g/mol. The number of hydrogen-bond donors (Lipinski definition) is 4. The Morgan fingerprint density at radius 2 is 1.74 bits per heavy atom. The molecule has 0 aromatic heterocycles. The number of nitrogen functional groups attached to an aromatic ring is 1. The highest BCUT2D eigenvalue weighted by Gasteiger charge is 2.26. The summed E-state index contributed by atoms with van der Waals surface area (Å²) in [6, 6.07) is 4.16. The number of hydrogen-bond acceptors (Lipinski definition) is 8. The molecule has 0 saturated heterocycles. The Morgan fingerprint density at radius 1 is 1.15 bits per heavy atom. The maximum Gasteiger partial charge on any atom is 0.361 e. The molecule has 6 N–H and O–H groups in total. The van der Waals surface area contributed by atoms with Crippen LogP contribution >= 0.6 is 11.6 Å². The van der Waals surface area contributed by atoms with Gasteiger partial charge in [-0.2, -0.15) is 10.4 Å². The number of amides is 1. The lowest BCUT2D eigenvalue weighted by atomic mass is 10.1. The van der Waals surface area contributed by atoms with Crippen molar-refractivity contribution in [2.24, 2.45) is 5.73 Å². The number of carbonyl (C=O) groups is 3. The molecule has 0 unspecified atom stereocenters. The first kappa shape index (κ1) is 31.3. The van der Waals surface area contributed by atoms with E-state index in [9.17, 15) is 14.4 Å². The first-order chi connectivity index (χ1) is 15.4. The Hall–Kier alpha value is -2.66. The quantitative estimate of drug-likeness (QED) is 0.171. The molecule has 0 aliphatic rings. The number of carboxylic acids is 1. The molecule has 0 aliphatic heterocycles. The zero-order valence-corrected chi connectivity index (χ0v) is 21.5. The van der Waals surface area contributed by atoms with Crippen molar-refractivity contribution in [1.82, 2.24) is 5.48 Å². The fourth-order valence-corrected chi connectivity index (χ4v) is 2.13. The summed E-state index contributed by atoms with van der Waals surface area (Å²) in [4.78, 5) is 48.1. The molecule has 34 heavy (non-hydrogen) atoms. The summed E-state index contributed by atoms with van der Waals surface area (Å²) in [7, 11) is 0.